The molecule has 1 atom stereocenters. The molecule has 0 aromatic carbocycles. The Morgan fingerprint density at radius 1 is 1.41 bits per heavy atom. The number of aromatic nitrogens is 2. The lowest BCUT2D eigenvalue weighted by molar-refractivity contribution is -0.141. The highest BCUT2D eigenvalue weighted by Gasteiger charge is 2.34. The fourth-order valence-electron chi connectivity index (χ4n) is 2.36. The number of anilines is 1. The molecule has 1 aliphatic rings. The molecular weight excluding hydrogens is 321 g/mol. The van der Waals surface area contributed by atoms with Crippen molar-refractivity contribution in [1.29, 1.82) is 0 Å². The molecule has 6 nitrogen and oxygen atoms in total. The van der Waals surface area contributed by atoms with Crippen LogP contribution in [0.2, 0.25) is 0 Å². The van der Waals surface area contributed by atoms with Crippen LogP contribution in [0, 0.1) is 0 Å². The summed E-state index contributed by atoms with van der Waals surface area (Å²) in [7, 11) is -1.88. The van der Waals surface area contributed by atoms with E-state index in [1.165, 1.54) is 11.4 Å². The highest BCUT2D eigenvalue weighted by atomic mass is 32.2. The molecule has 124 valence electrons. The zero-order valence-electron chi connectivity index (χ0n) is 12.2. The number of rotatable bonds is 3. The van der Waals surface area contributed by atoms with Crippen LogP contribution in [-0.4, -0.2) is 55.1 Å². The second-order valence-corrected chi connectivity index (χ2v) is 7.30. The van der Waals surface area contributed by atoms with E-state index in [2.05, 4.69) is 9.97 Å². The van der Waals surface area contributed by atoms with Gasteiger partial charge in [0.1, 0.15) is 5.69 Å². The van der Waals surface area contributed by atoms with E-state index in [-0.39, 0.29) is 18.5 Å². The molecule has 0 saturated carbocycles. The molecule has 0 radical (unpaired) electrons. The van der Waals surface area contributed by atoms with Gasteiger partial charge in [-0.05, 0) is 18.9 Å². The third kappa shape index (κ3) is 3.86. The number of piperidine rings is 1. The Morgan fingerprint density at radius 2 is 2.09 bits per heavy atom. The molecule has 2 rings (SSSR count). The Bertz CT molecular complexity index is 636. The fourth-order valence-corrected chi connectivity index (χ4v) is 3.08. The van der Waals surface area contributed by atoms with Crippen molar-refractivity contribution in [2.45, 2.75) is 25.1 Å². The maximum absolute atomic E-state index is 12.7. The van der Waals surface area contributed by atoms with Crippen LogP contribution in [0.3, 0.4) is 0 Å². The minimum absolute atomic E-state index is 0.0265. The van der Waals surface area contributed by atoms with Gasteiger partial charge in [0, 0.05) is 32.4 Å². The summed E-state index contributed by atoms with van der Waals surface area (Å²) in [5, 5.41) is 0. The van der Waals surface area contributed by atoms with E-state index in [1.807, 2.05) is 0 Å². The molecule has 0 N–H and O–H groups in total. The van der Waals surface area contributed by atoms with Gasteiger partial charge in [-0.15, -0.1) is 0 Å². The smallest absolute Gasteiger partial charge is 0.339 e. The summed E-state index contributed by atoms with van der Waals surface area (Å²) in [6.45, 7) is 0.764. The second kappa shape index (κ2) is 5.99. The number of hydrogen-bond donors (Lipinski definition) is 0. The van der Waals surface area contributed by atoms with E-state index in [0.29, 0.717) is 19.4 Å². The van der Waals surface area contributed by atoms with Gasteiger partial charge in [0.15, 0.2) is 0 Å². The van der Waals surface area contributed by atoms with E-state index in [4.69, 9.17) is 0 Å². The van der Waals surface area contributed by atoms with E-state index >= 15 is 0 Å². The third-order valence-electron chi connectivity index (χ3n) is 3.65. The molecule has 2 heterocycles. The van der Waals surface area contributed by atoms with E-state index in [1.54, 1.807) is 4.90 Å². The van der Waals surface area contributed by atoms with Crippen molar-refractivity contribution in [3.8, 4) is 0 Å². The summed E-state index contributed by atoms with van der Waals surface area (Å²) < 4.78 is 62.5. The van der Waals surface area contributed by atoms with E-state index < -0.39 is 21.9 Å². The Labute approximate surface area is 127 Å². The molecule has 10 heteroatoms. The molecule has 22 heavy (non-hydrogen) atoms. The first-order chi connectivity index (χ1) is 10.1. The maximum atomic E-state index is 12.7. The van der Waals surface area contributed by atoms with Crippen molar-refractivity contribution in [3.05, 3.63) is 18.0 Å². The summed E-state index contributed by atoms with van der Waals surface area (Å²) in [6, 6.07) is 0.509. The lowest BCUT2D eigenvalue weighted by atomic mass is 10.1. The molecule has 0 aliphatic carbocycles. The number of sulfonamides is 1. The molecule has 1 fully saturated rings. The van der Waals surface area contributed by atoms with Gasteiger partial charge in [-0.3, -0.25) is 0 Å². The zero-order chi connectivity index (χ0) is 16.5. The van der Waals surface area contributed by atoms with Crippen LogP contribution in [-0.2, 0) is 16.2 Å². The largest absolute Gasteiger partial charge is 0.433 e. The molecule has 0 amide bonds. The average Bonchev–Trinajstić information content (AvgIpc) is 2.45. The van der Waals surface area contributed by atoms with Crippen molar-refractivity contribution < 1.29 is 21.6 Å². The summed E-state index contributed by atoms with van der Waals surface area (Å²) in [5.74, 6) is -0.0265. The van der Waals surface area contributed by atoms with Gasteiger partial charge >= 0.3 is 6.18 Å². The van der Waals surface area contributed by atoms with Crippen molar-refractivity contribution in [3.63, 3.8) is 0 Å². The number of alkyl halides is 3. The lowest BCUT2D eigenvalue weighted by Crippen LogP contribution is -2.48. The second-order valence-electron chi connectivity index (χ2n) is 5.26. The molecule has 1 aliphatic heterocycles. The minimum atomic E-state index is -4.53. The summed E-state index contributed by atoms with van der Waals surface area (Å²) >= 11 is 0. The monoisotopic (exact) mass is 338 g/mol. The Kier molecular flexibility index (Phi) is 4.62. The molecule has 1 unspecified atom stereocenters. The Morgan fingerprint density at radius 3 is 2.68 bits per heavy atom. The summed E-state index contributed by atoms with van der Waals surface area (Å²) in [6.07, 6.45) is -1.05. The van der Waals surface area contributed by atoms with Crippen LogP contribution in [0.1, 0.15) is 18.5 Å². The van der Waals surface area contributed by atoms with Crippen LogP contribution >= 0.6 is 0 Å². The van der Waals surface area contributed by atoms with Gasteiger partial charge in [0.05, 0.1) is 6.26 Å². The van der Waals surface area contributed by atoms with Crippen LogP contribution in [0.25, 0.3) is 0 Å². The molecular formula is C12H17F3N4O2S. The Balaban J connectivity index is 2.20. The van der Waals surface area contributed by atoms with Gasteiger partial charge < -0.3 is 4.90 Å². The van der Waals surface area contributed by atoms with Gasteiger partial charge in [-0.2, -0.15) is 13.2 Å². The van der Waals surface area contributed by atoms with Crippen LogP contribution in [0.4, 0.5) is 19.1 Å². The van der Waals surface area contributed by atoms with Crippen LogP contribution in [0.5, 0.6) is 0 Å². The number of likely N-dealkylation sites (N-methyl/N-ethyl adjacent to an activating group) is 1. The van der Waals surface area contributed by atoms with E-state index in [0.717, 1.165) is 18.5 Å². The molecule has 1 aromatic rings. The predicted octanol–water partition coefficient (Wildman–Crippen LogP) is 1.36. The van der Waals surface area contributed by atoms with Gasteiger partial charge in [0.25, 0.3) is 0 Å². The minimum Gasteiger partial charge on any atom is -0.339 e. The summed E-state index contributed by atoms with van der Waals surface area (Å²) in [4.78, 5) is 9.01. The predicted molar refractivity (Wildman–Crippen MR) is 74.9 cm³/mol. The summed E-state index contributed by atoms with van der Waals surface area (Å²) in [5.41, 5.74) is -1.00. The van der Waals surface area contributed by atoms with Crippen LogP contribution < -0.4 is 4.90 Å². The maximum Gasteiger partial charge on any atom is 0.433 e. The SMILES string of the molecule is CN(C1CCCN(c2nccc(C(F)(F)F)n2)C1)S(C)(=O)=O. The van der Waals surface area contributed by atoms with Crippen LogP contribution in [0.15, 0.2) is 12.3 Å². The Hall–Kier alpha value is -1.42. The third-order valence-corrected chi connectivity index (χ3v) is 4.99. The van der Waals surface area contributed by atoms with Crippen molar-refractivity contribution in [2.24, 2.45) is 0 Å². The van der Waals surface area contributed by atoms with E-state index in [9.17, 15) is 21.6 Å². The molecule has 1 aromatic heterocycles. The first-order valence-electron chi connectivity index (χ1n) is 6.67. The fraction of sp³-hybridized carbons (Fsp3) is 0.667. The standard InChI is InChI=1S/C12H17F3N4O2S/c1-18(22(2,20)21)9-4-3-7-19(8-9)11-16-6-5-10(17-11)12(13,14)15/h5-6,9H,3-4,7-8H2,1-2H3. The number of halogens is 3. The molecule has 0 spiro atoms. The quantitative estimate of drug-likeness (QED) is 0.832. The van der Waals surface area contributed by atoms with Crippen molar-refractivity contribution in [1.82, 2.24) is 14.3 Å². The highest BCUT2D eigenvalue weighted by Crippen LogP contribution is 2.29. The molecule has 1 saturated heterocycles. The normalized spacial score (nSPS) is 20.5. The number of nitrogens with zero attached hydrogens (tertiary/aromatic N) is 4. The highest BCUT2D eigenvalue weighted by molar-refractivity contribution is 7.88. The van der Waals surface area contributed by atoms with Gasteiger partial charge in [0.2, 0.25) is 16.0 Å². The molecule has 0 bridgehead atoms. The first-order valence-corrected chi connectivity index (χ1v) is 8.52. The van der Waals surface area contributed by atoms with Crippen molar-refractivity contribution in [2.75, 3.05) is 31.3 Å². The zero-order valence-corrected chi connectivity index (χ0v) is 13.0. The number of hydrogen-bond acceptors (Lipinski definition) is 5. The average molecular weight is 338 g/mol. The first kappa shape index (κ1) is 16.9. The van der Waals surface area contributed by atoms with Crippen molar-refractivity contribution >= 4 is 16.0 Å². The van der Waals surface area contributed by atoms with Gasteiger partial charge in [-0.1, -0.05) is 0 Å². The van der Waals surface area contributed by atoms with Gasteiger partial charge in [-0.25, -0.2) is 22.7 Å². The lowest BCUT2D eigenvalue weighted by Gasteiger charge is -2.36. The topological polar surface area (TPSA) is 66.4 Å².